The van der Waals surface area contributed by atoms with Gasteiger partial charge in [-0.3, -0.25) is 24.0 Å². The van der Waals surface area contributed by atoms with Gasteiger partial charge in [0.2, 0.25) is 24.1 Å². The maximum Gasteiger partial charge on any atom is 0.239 e. The van der Waals surface area contributed by atoms with E-state index in [1.165, 1.54) is 0 Å². The Morgan fingerprint density at radius 3 is 1.67 bits per heavy atom. The standard InChI is InChI=1S/C12H20N4O5/c1-8(2)9(18)3-14-11(20)5-16-12(21)6-15-10(19)4-13-7-17/h7-8H,3-6H2,1-2H3,(H,13,17)(H,14,20)(H,15,19)(H,16,21). The molecular formula is C12H20N4O5. The molecule has 0 aromatic carbocycles. The Kier molecular flexibility index (Phi) is 9.14. The van der Waals surface area contributed by atoms with Crippen molar-refractivity contribution in [2.24, 2.45) is 5.92 Å². The van der Waals surface area contributed by atoms with E-state index in [0.717, 1.165) is 0 Å². The number of Topliss-reactive ketones (excluding diaryl/α,β-unsaturated/α-hetero) is 1. The summed E-state index contributed by atoms with van der Waals surface area (Å²) < 4.78 is 0. The van der Waals surface area contributed by atoms with E-state index in [0.29, 0.717) is 6.41 Å². The number of hydrogen-bond acceptors (Lipinski definition) is 5. The van der Waals surface area contributed by atoms with Crippen molar-refractivity contribution in [1.29, 1.82) is 0 Å². The average molecular weight is 300 g/mol. The van der Waals surface area contributed by atoms with Gasteiger partial charge < -0.3 is 21.3 Å². The van der Waals surface area contributed by atoms with E-state index >= 15 is 0 Å². The molecule has 0 rings (SSSR count). The molecule has 0 aliphatic heterocycles. The van der Waals surface area contributed by atoms with E-state index in [1.54, 1.807) is 13.8 Å². The van der Waals surface area contributed by atoms with Crippen molar-refractivity contribution >= 4 is 29.9 Å². The lowest BCUT2D eigenvalue weighted by Crippen LogP contribution is -2.44. The molecule has 0 saturated heterocycles. The number of amides is 4. The Morgan fingerprint density at radius 1 is 0.810 bits per heavy atom. The molecule has 0 aliphatic rings. The van der Waals surface area contributed by atoms with E-state index in [9.17, 15) is 24.0 Å². The number of ketones is 1. The predicted octanol–water partition coefficient (Wildman–Crippen LogP) is -2.69. The number of carbonyl (C=O) groups excluding carboxylic acids is 5. The highest BCUT2D eigenvalue weighted by atomic mass is 16.2. The van der Waals surface area contributed by atoms with Crippen LogP contribution in [0.4, 0.5) is 0 Å². The zero-order valence-electron chi connectivity index (χ0n) is 12.0. The van der Waals surface area contributed by atoms with Crippen LogP contribution in [-0.4, -0.2) is 56.1 Å². The van der Waals surface area contributed by atoms with Gasteiger partial charge in [-0.25, -0.2) is 0 Å². The van der Waals surface area contributed by atoms with Gasteiger partial charge in [-0.1, -0.05) is 13.8 Å². The number of hydrogen-bond donors (Lipinski definition) is 4. The van der Waals surface area contributed by atoms with Crippen LogP contribution in [0.15, 0.2) is 0 Å². The van der Waals surface area contributed by atoms with Gasteiger partial charge in [-0.05, 0) is 0 Å². The molecule has 0 spiro atoms. The highest BCUT2D eigenvalue weighted by Crippen LogP contribution is 1.91. The second kappa shape index (κ2) is 10.4. The fourth-order valence-corrected chi connectivity index (χ4v) is 1.07. The van der Waals surface area contributed by atoms with Crippen molar-refractivity contribution in [2.75, 3.05) is 26.2 Å². The van der Waals surface area contributed by atoms with E-state index in [2.05, 4.69) is 21.3 Å². The van der Waals surface area contributed by atoms with Crippen LogP contribution in [0.3, 0.4) is 0 Å². The zero-order chi connectivity index (χ0) is 16.3. The number of rotatable bonds is 10. The summed E-state index contributed by atoms with van der Waals surface area (Å²) in [5.41, 5.74) is 0. The molecule has 9 heteroatoms. The van der Waals surface area contributed by atoms with Crippen LogP contribution in [-0.2, 0) is 24.0 Å². The fraction of sp³-hybridized carbons (Fsp3) is 0.583. The Morgan fingerprint density at radius 2 is 1.24 bits per heavy atom. The van der Waals surface area contributed by atoms with Crippen LogP contribution < -0.4 is 21.3 Å². The second-order valence-electron chi connectivity index (χ2n) is 4.45. The zero-order valence-corrected chi connectivity index (χ0v) is 12.0. The fourth-order valence-electron chi connectivity index (χ4n) is 1.07. The molecule has 9 nitrogen and oxygen atoms in total. The molecule has 21 heavy (non-hydrogen) atoms. The molecule has 0 aromatic heterocycles. The maximum absolute atomic E-state index is 11.3. The minimum atomic E-state index is -0.556. The molecular weight excluding hydrogens is 280 g/mol. The van der Waals surface area contributed by atoms with Crippen molar-refractivity contribution < 1.29 is 24.0 Å². The second-order valence-corrected chi connectivity index (χ2v) is 4.45. The van der Waals surface area contributed by atoms with Gasteiger partial charge in [0, 0.05) is 5.92 Å². The Hall–Kier alpha value is -2.45. The summed E-state index contributed by atoms with van der Waals surface area (Å²) >= 11 is 0. The first-order valence-corrected chi connectivity index (χ1v) is 6.36. The van der Waals surface area contributed by atoms with Crippen LogP contribution in [0.2, 0.25) is 0 Å². The van der Waals surface area contributed by atoms with Crippen LogP contribution >= 0.6 is 0 Å². The molecule has 0 unspecified atom stereocenters. The molecule has 118 valence electrons. The monoisotopic (exact) mass is 300 g/mol. The topological polar surface area (TPSA) is 133 Å². The van der Waals surface area contributed by atoms with Gasteiger partial charge in [-0.15, -0.1) is 0 Å². The van der Waals surface area contributed by atoms with Crippen LogP contribution in [0, 0.1) is 5.92 Å². The third-order valence-corrected chi connectivity index (χ3v) is 2.34. The number of nitrogens with one attached hydrogen (secondary N) is 4. The minimum absolute atomic E-state index is 0.0829. The molecule has 0 bridgehead atoms. The van der Waals surface area contributed by atoms with Gasteiger partial charge >= 0.3 is 0 Å². The summed E-state index contributed by atoms with van der Waals surface area (Å²) in [5, 5.41) is 9.04. The van der Waals surface area contributed by atoms with Gasteiger partial charge in [0.15, 0.2) is 5.78 Å². The summed E-state index contributed by atoms with van der Waals surface area (Å²) in [6, 6.07) is 0. The molecule has 0 fully saturated rings. The van der Waals surface area contributed by atoms with Crippen LogP contribution in [0.25, 0.3) is 0 Å². The van der Waals surface area contributed by atoms with E-state index in [4.69, 9.17) is 0 Å². The SMILES string of the molecule is CC(C)C(=O)CNC(=O)CNC(=O)CNC(=O)CNC=O. The van der Waals surface area contributed by atoms with E-state index < -0.39 is 17.7 Å². The smallest absolute Gasteiger partial charge is 0.239 e. The lowest BCUT2D eigenvalue weighted by molar-refractivity contribution is -0.128. The molecule has 4 N–H and O–H groups in total. The average Bonchev–Trinajstić information content (AvgIpc) is 2.45. The maximum atomic E-state index is 11.3. The van der Waals surface area contributed by atoms with Crippen molar-refractivity contribution in [2.45, 2.75) is 13.8 Å². The summed E-state index contributed by atoms with van der Waals surface area (Å²) in [5.74, 6) is -1.85. The molecule has 0 heterocycles. The lowest BCUT2D eigenvalue weighted by atomic mass is 10.1. The van der Waals surface area contributed by atoms with Crippen molar-refractivity contribution in [3.8, 4) is 0 Å². The minimum Gasteiger partial charge on any atom is -0.350 e. The molecule has 0 atom stereocenters. The quantitative estimate of drug-likeness (QED) is 0.326. The highest BCUT2D eigenvalue weighted by Gasteiger charge is 2.10. The highest BCUT2D eigenvalue weighted by molar-refractivity contribution is 5.91. The van der Waals surface area contributed by atoms with Crippen LogP contribution in [0.1, 0.15) is 13.8 Å². The third kappa shape index (κ3) is 10.0. The lowest BCUT2D eigenvalue weighted by Gasteiger charge is -2.08. The van der Waals surface area contributed by atoms with Crippen LogP contribution in [0.5, 0.6) is 0 Å². The van der Waals surface area contributed by atoms with Gasteiger partial charge in [0.25, 0.3) is 0 Å². The van der Waals surface area contributed by atoms with Crippen molar-refractivity contribution in [1.82, 2.24) is 21.3 Å². The van der Waals surface area contributed by atoms with Gasteiger partial charge in [0.1, 0.15) is 0 Å². The first kappa shape index (κ1) is 18.6. The summed E-state index contributed by atoms with van der Waals surface area (Å²) in [4.78, 5) is 54.9. The molecule has 0 aliphatic carbocycles. The molecule has 0 aromatic rings. The van der Waals surface area contributed by atoms with E-state index in [-0.39, 0.29) is 37.9 Å². The van der Waals surface area contributed by atoms with Gasteiger partial charge in [0.05, 0.1) is 26.2 Å². The summed E-state index contributed by atoms with van der Waals surface area (Å²) in [6.07, 6.45) is 0.364. The number of carbonyl (C=O) groups is 5. The van der Waals surface area contributed by atoms with Crippen molar-refractivity contribution in [3.63, 3.8) is 0 Å². The molecule has 0 saturated carbocycles. The Balaban J connectivity index is 3.77. The van der Waals surface area contributed by atoms with E-state index in [1.807, 2.05) is 0 Å². The van der Waals surface area contributed by atoms with Crippen molar-refractivity contribution in [3.05, 3.63) is 0 Å². The Labute approximate surface area is 122 Å². The normalized spacial score (nSPS) is 9.67. The largest absolute Gasteiger partial charge is 0.350 e. The first-order valence-electron chi connectivity index (χ1n) is 6.36. The summed E-state index contributed by atoms with van der Waals surface area (Å²) in [6.45, 7) is 2.54. The Bertz CT molecular complexity index is 408. The predicted molar refractivity (Wildman–Crippen MR) is 72.9 cm³/mol. The molecule has 0 radical (unpaired) electrons. The third-order valence-electron chi connectivity index (χ3n) is 2.34. The van der Waals surface area contributed by atoms with Gasteiger partial charge in [-0.2, -0.15) is 0 Å². The summed E-state index contributed by atoms with van der Waals surface area (Å²) in [7, 11) is 0. The first-order chi connectivity index (χ1) is 9.86. The molecule has 4 amide bonds.